The molecule has 9 heteroatoms. The fourth-order valence-corrected chi connectivity index (χ4v) is 4.43. The Labute approximate surface area is 229 Å². The van der Waals surface area contributed by atoms with E-state index in [0.717, 1.165) is 13.1 Å². The van der Waals surface area contributed by atoms with E-state index >= 15 is 0 Å². The van der Waals surface area contributed by atoms with Gasteiger partial charge >= 0.3 is 5.97 Å². The van der Waals surface area contributed by atoms with E-state index in [1.165, 1.54) is 7.11 Å². The molecule has 1 heterocycles. The van der Waals surface area contributed by atoms with Crippen LogP contribution in [0.1, 0.15) is 34.0 Å². The van der Waals surface area contributed by atoms with Gasteiger partial charge < -0.3 is 28.8 Å². The quantitative estimate of drug-likeness (QED) is 0.251. The Morgan fingerprint density at radius 1 is 0.974 bits per heavy atom. The van der Waals surface area contributed by atoms with E-state index in [4.69, 9.17) is 23.7 Å². The van der Waals surface area contributed by atoms with E-state index in [1.807, 2.05) is 6.92 Å². The fourth-order valence-electron chi connectivity index (χ4n) is 4.43. The van der Waals surface area contributed by atoms with Crippen LogP contribution in [0.5, 0.6) is 23.0 Å². The van der Waals surface area contributed by atoms with Crippen molar-refractivity contribution in [2.75, 3.05) is 59.8 Å². The lowest BCUT2D eigenvalue weighted by molar-refractivity contribution is -0.136. The summed E-state index contributed by atoms with van der Waals surface area (Å²) >= 11 is 0. The maximum atomic E-state index is 14.0. The average molecular weight is 540 g/mol. The number of carboxylic acid groups (broad SMARTS) is 1. The molecular weight excluding hydrogens is 502 g/mol. The van der Waals surface area contributed by atoms with Crippen molar-refractivity contribution in [1.82, 2.24) is 4.90 Å². The second-order valence-corrected chi connectivity index (χ2v) is 8.83. The summed E-state index contributed by atoms with van der Waals surface area (Å²) in [4.78, 5) is 28.2. The van der Waals surface area contributed by atoms with Crippen LogP contribution in [0.2, 0.25) is 0 Å². The van der Waals surface area contributed by atoms with Crippen molar-refractivity contribution in [3.05, 3.63) is 71.8 Å². The van der Waals surface area contributed by atoms with Crippen LogP contribution in [0.25, 0.3) is 0 Å². The number of carbonyl (C=O) groups is 2. The summed E-state index contributed by atoms with van der Waals surface area (Å²) in [6.45, 7) is 13.8. The average Bonchev–Trinajstić information content (AvgIpc) is 2.94. The lowest BCUT2D eigenvalue weighted by Crippen LogP contribution is -2.38. The number of nitrogens with zero attached hydrogens (tertiary/aromatic N) is 1. The van der Waals surface area contributed by atoms with Gasteiger partial charge in [0.25, 0.3) is 0 Å². The molecule has 3 rings (SSSR count). The van der Waals surface area contributed by atoms with Crippen LogP contribution in [0.4, 0.5) is 0 Å². The summed E-state index contributed by atoms with van der Waals surface area (Å²) in [5, 5.41) is 9.74. The summed E-state index contributed by atoms with van der Waals surface area (Å²) in [5.41, 5.74) is 1.46. The Bertz CT molecular complexity index is 1170. The number of aliphatic carboxylic acids is 1. The molecule has 0 aliphatic carbocycles. The molecule has 9 nitrogen and oxygen atoms in total. The molecule has 2 aromatic rings. The third kappa shape index (κ3) is 7.84. The zero-order valence-electron chi connectivity index (χ0n) is 22.7. The summed E-state index contributed by atoms with van der Waals surface area (Å²) in [7, 11) is 1.54. The molecule has 0 amide bonds. The first-order chi connectivity index (χ1) is 18.9. The van der Waals surface area contributed by atoms with Gasteiger partial charge in [-0.3, -0.25) is 14.5 Å². The van der Waals surface area contributed by atoms with Gasteiger partial charge in [-0.05, 0) is 35.7 Å². The maximum absolute atomic E-state index is 14.0. The number of rotatable bonds is 16. The molecule has 1 aliphatic rings. The van der Waals surface area contributed by atoms with Crippen LogP contribution in [-0.2, 0) is 22.4 Å². The number of morpholine rings is 1. The van der Waals surface area contributed by atoms with E-state index in [9.17, 15) is 14.7 Å². The van der Waals surface area contributed by atoms with Gasteiger partial charge in [0.05, 0.1) is 32.3 Å². The number of carbonyl (C=O) groups excluding carboxylic acids is 1. The Morgan fingerprint density at radius 2 is 1.67 bits per heavy atom. The Hall–Kier alpha value is -3.82. The van der Waals surface area contributed by atoms with Gasteiger partial charge in [0.15, 0.2) is 17.3 Å². The molecule has 39 heavy (non-hydrogen) atoms. The molecular formula is C30H37NO8. The van der Waals surface area contributed by atoms with Crippen molar-refractivity contribution < 1.29 is 38.4 Å². The Kier molecular flexibility index (Phi) is 11.4. The maximum Gasteiger partial charge on any atom is 0.307 e. The SMILES string of the molecule is C=CCOc1cc(OCC=C)c(C(=O)c2ccc(OC)c(OCCN3CCOCC3)c2)c(CC(=O)O)c1CC. The van der Waals surface area contributed by atoms with Crippen LogP contribution in [0.15, 0.2) is 49.6 Å². The molecule has 0 atom stereocenters. The molecule has 1 N–H and O–H groups in total. The molecule has 0 aromatic heterocycles. The summed E-state index contributed by atoms with van der Waals surface area (Å²) in [6, 6.07) is 6.55. The van der Waals surface area contributed by atoms with Crippen LogP contribution in [0, 0.1) is 0 Å². The minimum atomic E-state index is -1.07. The second kappa shape index (κ2) is 14.9. The van der Waals surface area contributed by atoms with Gasteiger partial charge in [0, 0.05) is 31.3 Å². The highest BCUT2D eigenvalue weighted by atomic mass is 16.5. The smallest absolute Gasteiger partial charge is 0.307 e. The first-order valence-corrected chi connectivity index (χ1v) is 13.0. The van der Waals surface area contributed by atoms with Gasteiger partial charge in [-0.15, -0.1) is 0 Å². The first-order valence-electron chi connectivity index (χ1n) is 13.0. The van der Waals surface area contributed by atoms with Crippen LogP contribution in [0.3, 0.4) is 0 Å². The monoisotopic (exact) mass is 539 g/mol. The highest BCUT2D eigenvalue weighted by molar-refractivity contribution is 6.12. The first kappa shape index (κ1) is 29.7. The minimum absolute atomic E-state index is 0.123. The molecule has 1 aliphatic heterocycles. The normalized spacial score (nSPS) is 13.4. The predicted octanol–water partition coefficient (Wildman–Crippen LogP) is 3.96. The zero-order chi connectivity index (χ0) is 28.2. The van der Waals surface area contributed by atoms with Crippen molar-refractivity contribution >= 4 is 11.8 Å². The highest BCUT2D eigenvalue weighted by Gasteiger charge is 2.27. The van der Waals surface area contributed by atoms with Crippen molar-refractivity contribution in [3.63, 3.8) is 0 Å². The minimum Gasteiger partial charge on any atom is -0.493 e. The number of ether oxygens (including phenoxy) is 5. The molecule has 0 bridgehead atoms. The third-order valence-electron chi connectivity index (χ3n) is 6.29. The number of carboxylic acids is 1. The largest absolute Gasteiger partial charge is 0.493 e. The van der Waals surface area contributed by atoms with E-state index in [1.54, 1.807) is 36.4 Å². The molecule has 1 fully saturated rings. The zero-order valence-corrected chi connectivity index (χ0v) is 22.7. The molecule has 210 valence electrons. The van der Waals surface area contributed by atoms with Crippen molar-refractivity contribution in [1.29, 1.82) is 0 Å². The van der Waals surface area contributed by atoms with Gasteiger partial charge in [-0.1, -0.05) is 32.2 Å². The molecule has 2 aromatic carbocycles. The number of hydrogen-bond acceptors (Lipinski definition) is 8. The van der Waals surface area contributed by atoms with Crippen LogP contribution in [-0.4, -0.2) is 81.5 Å². The van der Waals surface area contributed by atoms with E-state index in [-0.39, 0.29) is 30.9 Å². The van der Waals surface area contributed by atoms with E-state index in [2.05, 4.69) is 18.1 Å². The molecule has 0 spiro atoms. The molecule has 0 unspecified atom stereocenters. The Morgan fingerprint density at radius 3 is 2.28 bits per heavy atom. The standard InChI is InChI=1S/C30H37NO8/c1-5-13-37-25-20-27(38-14-6-2)29(23(19-28(32)33)22(25)7-3)30(34)21-8-9-24(35-4)26(18-21)39-17-12-31-10-15-36-16-11-31/h5-6,8-9,18,20H,1-2,7,10-17,19H2,3-4H3,(H,32,33). The van der Waals surface area contributed by atoms with E-state index < -0.39 is 11.8 Å². The fraction of sp³-hybridized carbons (Fsp3) is 0.400. The molecule has 0 radical (unpaired) electrons. The van der Waals surface area contributed by atoms with Gasteiger partial charge in [-0.2, -0.15) is 0 Å². The van der Waals surface area contributed by atoms with Crippen LogP contribution < -0.4 is 18.9 Å². The second-order valence-electron chi connectivity index (χ2n) is 8.83. The van der Waals surface area contributed by atoms with Crippen molar-refractivity contribution in [2.24, 2.45) is 0 Å². The topological polar surface area (TPSA) is 104 Å². The van der Waals surface area contributed by atoms with Gasteiger partial charge in [0.1, 0.15) is 31.3 Å². The third-order valence-corrected chi connectivity index (χ3v) is 6.29. The molecule has 0 saturated carbocycles. The van der Waals surface area contributed by atoms with Crippen LogP contribution >= 0.6 is 0 Å². The number of methoxy groups -OCH3 is 1. The Balaban J connectivity index is 2.03. The van der Waals surface area contributed by atoms with Crippen molar-refractivity contribution in [3.8, 4) is 23.0 Å². The lowest BCUT2D eigenvalue weighted by Gasteiger charge is -2.26. The molecule has 1 saturated heterocycles. The van der Waals surface area contributed by atoms with Crippen molar-refractivity contribution in [2.45, 2.75) is 19.8 Å². The van der Waals surface area contributed by atoms with Gasteiger partial charge in [0.2, 0.25) is 0 Å². The number of benzene rings is 2. The highest BCUT2D eigenvalue weighted by Crippen LogP contribution is 2.38. The van der Waals surface area contributed by atoms with Gasteiger partial charge in [-0.25, -0.2) is 0 Å². The number of hydrogen-bond donors (Lipinski definition) is 1. The lowest BCUT2D eigenvalue weighted by atomic mass is 9.90. The summed E-state index contributed by atoms with van der Waals surface area (Å²) in [6.07, 6.45) is 3.23. The predicted molar refractivity (Wildman–Crippen MR) is 148 cm³/mol. The van der Waals surface area contributed by atoms with E-state index in [0.29, 0.717) is 66.7 Å². The summed E-state index contributed by atoms with van der Waals surface area (Å²) < 4.78 is 28.6. The number of ketones is 1. The summed E-state index contributed by atoms with van der Waals surface area (Å²) in [5.74, 6) is 0.118.